The van der Waals surface area contributed by atoms with Gasteiger partial charge in [-0.25, -0.2) is 20.8 Å². The number of hydrogen-bond donors (Lipinski definition) is 9. The molecule has 30 heavy (non-hydrogen) atoms. The Kier molecular flexibility index (Phi) is 5.25. The van der Waals surface area contributed by atoms with Crippen LogP contribution in [-0.4, -0.2) is 106 Å². The Morgan fingerprint density at radius 1 is 1.17 bits per heavy atom. The third-order valence-corrected chi connectivity index (χ3v) is 5.51. The van der Waals surface area contributed by atoms with Gasteiger partial charge in [-0.2, -0.15) is 0 Å². The van der Waals surface area contributed by atoms with Crippen molar-refractivity contribution in [2.45, 2.75) is 48.5 Å². The third-order valence-electron chi connectivity index (χ3n) is 5.51. The van der Waals surface area contributed by atoms with Crippen LogP contribution in [0.3, 0.4) is 0 Å². The number of imidazole rings is 1. The van der Waals surface area contributed by atoms with E-state index in [0.29, 0.717) is 0 Å². The van der Waals surface area contributed by atoms with Gasteiger partial charge in [-0.05, 0) is 0 Å². The molecule has 0 spiro atoms. The summed E-state index contributed by atoms with van der Waals surface area (Å²) in [6.07, 6.45) is -10.0. The topological polar surface area (TPSA) is 248 Å². The summed E-state index contributed by atoms with van der Waals surface area (Å²) in [6.45, 7) is -1.11. The molecule has 4 heterocycles. The highest BCUT2D eigenvalue weighted by Gasteiger charge is 2.65. The molecule has 0 saturated carbocycles. The Morgan fingerprint density at radius 2 is 1.90 bits per heavy atom. The second-order valence-electron chi connectivity index (χ2n) is 7.17. The average molecular weight is 429 g/mol. The highest BCUT2D eigenvalue weighted by molar-refractivity contribution is 5.84. The molecule has 11 N–H and O–H groups in total. The fourth-order valence-corrected chi connectivity index (χ4v) is 4.03. The van der Waals surface area contributed by atoms with E-state index in [1.807, 2.05) is 0 Å². The summed E-state index contributed by atoms with van der Waals surface area (Å²) in [5.41, 5.74) is 6.03. The van der Waals surface area contributed by atoms with E-state index in [9.17, 15) is 30.6 Å². The van der Waals surface area contributed by atoms with E-state index in [1.165, 1.54) is 0 Å². The van der Waals surface area contributed by atoms with Crippen LogP contribution >= 0.6 is 0 Å². The molecule has 2 fully saturated rings. The fourth-order valence-electron chi connectivity index (χ4n) is 4.03. The second-order valence-corrected chi connectivity index (χ2v) is 7.17. The number of aliphatic hydroxyl groups excluding tert-OH is 6. The van der Waals surface area contributed by atoms with Gasteiger partial charge in [0.15, 0.2) is 17.0 Å². The Bertz CT molecular complexity index is 930. The lowest BCUT2D eigenvalue weighted by Crippen LogP contribution is -2.65. The molecular formula is C15H23N7O8. The average Bonchev–Trinajstić information content (AvgIpc) is 3.24. The predicted octanol–water partition coefficient (Wildman–Crippen LogP) is -5.06. The van der Waals surface area contributed by atoms with Gasteiger partial charge in [0.1, 0.15) is 49.1 Å². The second kappa shape index (κ2) is 7.49. The highest BCUT2D eigenvalue weighted by atomic mass is 16.6. The van der Waals surface area contributed by atoms with E-state index < -0.39 is 61.7 Å². The number of hydrazine groups is 1. The quantitative estimate of drug-likeness (QED) is 0.163. The maximum atomic E-state index is 11.0. The van der Waals surface area contributed by atoms with Crippen molar-refractivity contribution in [1.82, 2.24) is 19.5 Å². The van der Waals surface area contributed by atoms with Gasteiger partial charge in [0.2, 0.25) is 11.7 Å². The number of nitrogens with two attached hydrogens (primary N) is 2. The third kappa shape index (κ3) is 2.76. The molecule has 8 atom stereocenters. The number of nitrogen functional groups attached to an aromatic ring is 2. The van der Waals surface area contributed by atoms with E-state index in [0.717, 1.165) is 10.9 Å². The molecule has 15 heteroatoms. The summed E-state index contributed by atoms with van der Waals surface area (Å²) in [5.74, 6) is 5.40. The first-order valence-electron chi connectivity index (χ1n) is 9.04. The Labute approximate surface area is 168 Å². The summed E-state index contributed by atoms with van der Waals surface area (Å²) in [5, 5.41) is 61.9. The normalized spacial score (nSPS) is 39.5. The molecule has 0 amide bonds. The minimum Gasteiger partial charge on any atom is -0.394 e. The van der Waals surface area contributed by atoms with Crippen LogP contribution in [0.5, 0.6) is 0 Å². The summed E-state index contributed by atoms with van der Waals surface area (Å²) < 4.78 is 12.5. The SMILES string of the molecule is NNc1nc2c(N)ncnc2n1[C@]1(C2OC[C@@H](O)[C@@H](O)[C@@H]2O)O[C@H](CO)[C@@H](O)[C@H]1O. The van der Waals surface area contributed by atoms with Crippen molar-refractivity contribution in [3.63, 3.8) is 0 Å². The van der Waals surface area contributed by atoms with Crippen LogP contribution in [0.25, 0.3) is 11.2 Å². The smallest absolute Gasteiger partial charge is 0.222 e. The molecule has 0 aromatic carbocycles. The zero-order chi connectivity index (χ0) is 21.8. The molecule has 1 unspecified atom stereocenters. The predicted molar refractivity (Wildman–Crippen MR) is 97.3 cm³/mol. The van der Waals surface area contributed by atoms with Crippen LogP contribution in [-0.2, 0) is 15.2 Å². The minimum atomic E-state index is -2.19. The van der Waals surface area contributed by atoms with Crippen LogP contribution in [0.4, 0.5) is 11.8 Å². The number of rotatable bonds is 4. The first-order valence-corrected chi connectivity index (χ1v) is 9.04. The van der Waals surface area contributed by atoms with Gasteiger partial charge < -0.3 is 45.8 Å². The summed E-state index contributed by atoms with van der Waals surface area (Å²) >= 11 is 0. The Morgan fingerprint density at radius 3 is 2.53 bits per heavy atom. The lowest BCUT2D eigenvalue weighted by Gasteiger charge is -2.46. The fraction of sp³-hybridized carbons (Fsp3) is 0.667. The van der Waals surface area contributed by atoms with Gasteiger partial charge >= 0.3 is 0 Å². The molecule has 2 aliphatic heterocycles. The largest absolute Gasteiger partial charge is 0.394 e. The molecule has 166 valence electrons. The van der Waals surface area contributed by atoms with Crippen molar-refractivity contribution >= 4 is 22.9 Å². The molecule has 2 aromatic rings. The van der Waals surface area contributed by atoms with Gasteiger partial charge in [0, 0.05) is 0 Å². The number of hydrogen-bond acceptors (Lipinski definition) is 14. The number of ether oxygens (including phenoxy) is 2. The first-order chi connectivity index (χ1) is 14.3. The number of aromatic nitrogens is 4. The van der Waals surface area contributed by atoms with E-state index in [2.05, 4.69) is 20.4 Å². The number of fused-ring (bicyclic) bond motifs is 1. The number of nitrogens with zero attached hydrogens (tertiary/aromatic N) is 4. The molecule has 2 aromatic heterocycles. The van der Waals surface area contributed by atoms with Gasteiger partial charge in [-0.15, -0.1) is 0 Å². The van der Waals surface area contributed by atoms with Crippen LogP contribution in [0.15, 0.2) is 6.33 Å². The van der Waals surface area contributed by atoms with E-state index in [1.54, 1.807) is 0 Å². The molecule has 2 aliphatic rings. The van der Waals surface area contributed by atoms with Crippen molar-refractivity contribution < 1.29 is 40.1 Å². The Balaban J connectivity index is 1.99. The first kappa shape index (κ1) is 21.0. The van der Waals surface area contributed by atoms with Gasteiger partial charge in [0.25, 0.3) is 0 Å². The van der Waals surface area contributed by atoms with E-state index >= 15 is 0 Å². The van der Waals surface area contributed by atoms with Gasteiger partial charge in [-0.3, -0.25) is 9.99 Å². The number of nitrogens with one attached hydrogen (secondary N) is 1. The van der Waals surface area contributed by atoms with Crippen molar-refractivity contribution in [3.05, 3.63) is 6.33 Å². The summed E-state index contributed by atoms with van der Waals surface area (Å²) in [7, 11) is 0. The van der Waals surface area contributed by atoms with Crippen molar-refractivity contribution in [1.29, 1.82) is 0 Å². The monoisotopic (exact) mass is 429 g/mol. The zero-order valence-electron chi connectivity index (χ0n) is 15.5. The zero-order valence-corrected chi connectivity index (χ0v) is 15.5. The summed E-state index contributed by atoms with van der Waals surface area (Å²) in [4.78, 5) is 12.1. The standard InChI is InChI=1S/C15H23N7O8/c16-12-6-13(19-3-18-12)22(14(20-6)21-17)15(10(28)8(26)5(1-23)30-15)11-9(27)7(25)4(24)2-29-11/h3-5,7-11,23-28H,1-2,17H2,(H,20,21)(H2,16,18,19)/t4-,5-,7-,8-,9+,10-,11?,15+/m1/s1. The Hall–Kier alpha value is -2.21. The molecule has 4 rings (SSSR count). The molecule has 0 aliphatic carbocycles. The van der Waals surface area contributed by atoms with E-state index in [4.69, 9.17) is 21.1 Å². The van der Waals surface area contributed by atoms with Crippen LogP contribution in [0.1, 0.15) is 0 Å². The maximum Gasteiger partial charge on any atom is 0.222 e. The molecule has 0 radical (unpaired) electrons. The van der Waals surface area contributed by atoms with Crippen LogP contribution < -0.4 is 17.0 Å². The molecule has 0 bridgehead atoms. The minimum absolute atomic E-state index is 0.00305. The van der Waals surface area contributed by atoms with E-state index in [-0.39, 0.29) is 22.9 Å². The molecule has 15 nitrogen and oxygen atoms in total. The molecule has 2 saturated heterocycles. The van der Waals surface area contributed by atoms with Crippen LogP contribution in [0.2, 0.25) is 0 Å². The lowest BCUT2D eigenvalue weighted by molar-refractivity contribution is -0.285. The lowest BCUT2D eigenvalue weighted by atomic mass is 9.87. The number of aliphatic hydroxyl groups is 6. The van der Waals surface area contributed by atoms with Crippen molar-refractivity contribution in [2.24, 2.45) is 5.84 Å². The number of anilines is 2. The van der Waals surface area contributed by atoms with Crippen LogP contribution in [0, 0.1) is 0 Å². The highest BCUT2D eigenvalue weighted by Crippen LogP contribution is 2.45. The van der Waals surface area contributed by atoms with Gasteiger partial charge in [0.05, 0.1) is 13.2 Å². The van der Waals surface area contributed by atoms with Gasteiger partial charge in [-0.1, -0.05) is 0 Å². The van der Waals surface area contributed by atoms with Crippen molar-refractivity contribution in [3.8, 4) is 0 Å². The molecular weight excluding hydrogens is 406 g/mol. The summed E-state index contributed by atoms with van der Waals surface area (Å²) in [6, 6.07) is 0. The van der Waals surface area contributed by atoms with Crippen molar-refractivity contribution in [2.75, 3.05) is 24.4 Å². The maximum absolute atomic E-state index is 11.0.